The Bertz CT molecular complexity index is 636. The van der Waals surface area contributed by atoms with E-state index in [-0.39, 0.29) is 0 Å². The second-order valence-electron chi connectivity index (χ2n) is 4.42. The SMILES string of the molecule is CCc1ccc(OP(Cl)Oc2ccc(P)cc2P)c(P)c1. The number of hydrogen-bond donors (Lipinski definition) is 0. The first-order valence-electron chi connectivity index (χ1n) is 6.35. The van der Waals surface area contributed by atoms with E-state index in [1.165, 1.54) is 5.56 Å². The van der Waals surface area contributed by atoms with Crippen LogP contribution in [0.15, 0.2) is 36.4 Å². The van der Waals surface area contributed by atoms with E-state index in [4.69, 9.17) is 20.3 Å². The van der Waals surface area contributed by atoms with Gasteiger partial charge in [-0.3, -0.25) is 0 Å². The minimum Gasteiger partial charge on any atom is -0.427 e. The second kappa shape index (κ2) is 8.06. The first-order chi connectivity index (χ1) is 9.99. The van der Waals surface area contributed by atoms with E-state index in [0.717, 1.165) is 28.1 Å². The van der Waals surface area contributed by atoms with Gasteiger partial charge in [-0.15, -0.1) is 27.7 Å². The molecule has 2 aromatic rings. The maximum absolute atomic E-state index is 6.20. The van der Waals surface area contributed by atoms with Crippen LogP contribution in [0, 0.1) is 0 Å². The van der Waals surface area contributed by atoms with Gasteiger partial charge in [0.1, 0.15) is 11.5 Å². The predicted molar refractivity (Wildman–Crippen MR) is 104 cm³/mol. The Morgan fingerprint density at radius 3 is 2.05 bits per heavy atom. The molecule has 21 heavy (non-hydrogen) atoms. The van der Waals surface area contributed by atoms with Crippen molar-refractivity contribution in [2.24, 2.45) is 0 Å². The summed E-state index contributed by atoms with van der Waals surface area (Å²) in [6.07, 6.45) is 0.992. The summed E-state index contributed by atoms with van der Waals surface area (Å²) in [5.74, 6) is 1.44. The molecule has 112 valence electrons. The van der Waals surface area contributed by atoms with Crippen LogP contribution in [0.25, 0.3) is 0 Å². The predicted octanol–water partition coefficient (Wildman–Crippen LogP) is 3.67. The number of halogens is 1. The normalized spacial score (nSPS) is 12.0. The zero-order valence-corrected chi connectivity index (χ0v) is 16.7. The Labute approximate surface area is 138 Å². The molecule has 0 heterocycles. The summed E-state index contributed by atoms with van der Waals surface area (Å²) in [7, 11) is 6.40. The molecule has 2 rings (SSSR count). The fourth-order valence-electron chi connectivity index (χ4n) is 1.72. The minimum atomic E-state index is -1.55. The van der Waals surface area contributed by atoms with Crippen LogP contribution in [0.3, 0.4) is 0 Å². The summed E-state index contributed by atoms with van der Waals surface area (Å²) in [5, 5.41) is 3.03. The van der Waals surface area contributed by atoms with Gasteiger partial charge in [-0.2, -0.15) is 0 Å². The molecule has 0 bridgehead atoms. The Kier molecular flexibility index (Phi) is 6.68. The molecule has 2 nitrogen and oxygen atoms in total. The van der Waals surface area contributed by atoms with Crippen LogP contribution in [0.4, 0.5) is 0 Å². The van der Waals surface area contributed by atoms with Gasteiger partial charge in [0.15, 0.2) is 0 Å². The molecular weight excluding hydrogens is 360 g/mol. The number of rotatable bonds is 5. The summed E-state index contributed by atoms with van der Waals surface area (Å²) < 4.78 is 11.4. The molecule has 0 aromatic heterocycles. The number of benzene rings is 2. The van der Waals surface area contributed by atoms with Crippen LogP contribution in [-0.2, 0) is 6.42 Å². The molecule has 0 saturated carbocycles. The van der Waals surface area contributed by atoms with E-state index >= 15 is 0 Å². The van der Waals surface area contributed by atoms with Gasteiger partial charge in [-0.05, 0) is 52.8 Å². The van der Waals surface area contributed by atoms with Crippen molar-refractivity contribution in [1.82, 2.24) is 0 Å². The van der Waals surface area contributed by atoms with Crippen molar-refractivity contribution in [2.75, 3.05) is 0 Å². The molecule has 4 unspecified atom stereocenters. The lowest BCUT2D eigenvalue weighted by Gasteiger charge is -2.15. The monoisotopic (exact) mass is 376 g/mol. The highest BCUT2D eigenvalue weighted by Crippen LogP contribution is 2.44. The summed E-state index contributed by atoms with van der Waals surface area (Å²) in [4.78, 5) is 0. The van der Waals surface area contributed by atoms with Crippen LogP contribution in [0.1, 0.15) is 12.5 Å². The summed E-state index contributed by atoms with van der Waals surface area (Å²) >= 11 is 6.20. The van der Waals surface area contributed by atoms with Crippen molar-refractivity contribution in [1.29, 1.82) is 0 Å². The maximum Gasteiger partial charge on any atom is 0.401 e. The molecule has 0 amide bonds. The van der Waals surface area contributed by atoms with Crippen molar-refractivity contribution >= 4 is 62.6 Å². The average molecular weight is 377 g/mol. The first-order valence-corrected chi connectivity index (χ1v) is 10.2. The third-order valence-electron chi connectivity index (χ3n) is 2.86. The maximum atomic E-state index is 6.20. The Morgan fingerprint density at radius 1 is 0.952 bits per heavy atom. The van der Waals surface area contributed by atoms with Crippen LogP contribution in [0.5, 0.6) is 11.5 Å². The van der Waals surface area contributed by atoms with Crippen molar-refractivity contribution in [3.63, 3.8) is 0 Å². The molecule has 2 aromatic carbocycles. The molecule has 0 radical (unpaired) electrons. The Balaban J connectivity index is 2.06. The van der Waals surface area contributed by atoms with Gasteiger partial charge in [0.2, 0.25) is 0 Å². The van der Waals surface area contributed by atoms with Gasteiger partial charge in [0.05, 0.1) is 0 Å². The van der Waals surface area contributed by atoms with Crippen LogP contribution < -0.4 is 25.0 Å². The van der Waals surface area contributed by atoms with Crippen molar-refractivity contribution in [3.05, 3.63) is 42.0 Å². The molecule has 0 aliphatic heterocycles. The van der Waals surface area contributed by atoms with Crippen molar-refractivity contribution < 1.29 is 9.05 Å². The highest BCUT2D eigenvalue weighted by molar-refractivity contribution is 7.76. The van der Waals surface area contributed by atoms with Gasteiger partial charge < -0.3 is 9.05 Å². The second-order valence-corrected chi connectivity index (χ2v) is 7.95. The zero-order chi connectivity index (χ0) is 15.4. The number of aryl methyl sites for hydroxylation is 1. The molecule has 0 spiro atoms. The summed E-state index contributed by atoms with van der Waals surface area (Å²) in [6.45, 7) is 2.12. The molecule has 4 atom stereocenters. The highest BCUT2D eigenvalue weighted by Gasteiger charge is 2.14. The lowest BCUT2D eigenvalue weighted by molar-refractivity contribution is 0.512. The molecule has 0 aliphatic rings. The van der Waals surface area contributed by atoms with E-state index in [1.54, 1.807) is 0 Å². The Hall–Kier alpha value is 0.0500. The lowest BCUT2D eigenvalue weighted by atomic mass is 10.2. The highest BCUT2D eigenvalue weighted by atomic mass is 35.7. The van der Waals surface area contributed by atoms with E-state index in [9.17, 15) is 0 Å². The van der Waals surface area contributed by atoms with Gasteiger partial charge in [0.25, 0.3) is 0 Å². The summed E-state index contributed by atoms with van der Waals surface area (Å²) in [5.41, 5.74) is 1.26. The van der Waals surface area contributed by atoms with E-state index in [2.05, 4.69) is 40.7 Å². The standard InChI is InChI=1S/C14H17ClO2P4/c1-2-9-3-5-11(13(19)7-9)16-21(15)17-12-6-4-10(18)8-14(12)20/h3-8H,2,18-20H2,1H3. The third-order valence-corrected chi connectivity index (χ3v) is 5.21. The average Bonchev–Trinajstić information content (AvgIpc) is 2.44. The van der Waals surface area contributed by atoms with Crippen molar-refractivity contribution in [3.8, 4) is 11.5 Å². The molecule has 0 fully saturated rings. The molecule has 0 N–H and O–H groups in total. The lowest BCUT2D eigenvalue weighted by Crippen LogP contribution is -2.06. The quantitative estimate of drug-likeness (QED) is 0.741. The molecule has 7 heteroatoms. The van der Waals surface area contributed by atoms with Crippen LogP contribution in [0.2, 0.25) is 0 Å². The van der Waals surface area contributed by atoms with Crippen molar-refractivity contribution in [2.45, 2.75) is 13.3 Å². The van der Waals surface area contributed by atoms with Crippen LogP contribution >= 0.6 is 46.7 Å². The van der Waals surface area contributed by atoms with Gasteiger partial charge in [0, 0.05) is 10.6 Å². The first kappa shape index (κ1) is 17.4. The number of hydrogen-bond acceptors (Lipinski definition) is 2. The zero-order valence-electron chi connectivity index (χ0n) is 11.5. The van der Waals surface area contributed by atoms with E-state index < -0.39 is 7.73 Å². The largest absolute Gasteiger partial charge is 0.427 e. The van der Waals surface area contributed by atoms with Gasteiger partial charge in [-0.1, -0.05) is 19.1 Å². The van der Waals surface area contributed by atoms with Gasteiger partial charge >= 0.3 is 7.73 Å². The molecule has 0 aliphatic carbocycles. The minimum absolute atomic E-state index is 0.711. The fraction of sp³-hybridized carbons (Fsp3) is 0.143. The Morgan fingerprint density at radius 2 is 1.52 bits per heavy atom. The van der Waals surface area contributed by atoms with Crippen LogP contribution in [-0.4, -0.2) is 0 Å². The summed E-state index contributed by atoms with van der Waals surface area (Å²) in [6, 6.07) is 11.9. The van der Waals surface area contributed by atoms with E-state index in [0.29, 0.717) is 5.75 Å². The fourth-order valence-corrected chi connectivity index (χ4v) is 4.23. The third kappa shape index (κ3) is 5.03. The van der Waals surface area contributed by atoms with Gasteiger partial charge in [-0.25, -0.2) is 0 Å². The molecule has 0 saturated heterocycles. The van der Waals surface area contributed by atoms with E-state index in [1.807, 2.05) is 30.3 Å². The smallest absolute Gasteiger partial charge is 0.401 e. The molecular formula is C14H17ClO2P4. The topological polar surface area (TPSA) is 18.5 Å².